The maximum Gasteiger partial charge on any atom is 0.274 e. The number of nitrogens with one attached hydrogen (secondary N) is 1. The van der Waals surface area contributed by atoms with Crippen molar-refractivity contribution < 1.29 is 13.3 Å². The van der Waals surface area contributed by atoms with Crippen LogP contribution in [-0.2, 0) is 10.0 Å². The van der Waals surface area contributed by atoms with Crippen LogP contribution in [0.25, 0.3) is 0 Å². The van der Waals surface area contributed by atoms with E-state index in [9.17, 15) is 18.5 Å². The van der Waals surface area contributed by atoms with Crippen LogP contribution in [-0.4, -0.2) is 30.7 Å². The normalized spacial score (nSPS) is 21.5. The fourth-order valence-corrected chi connectivity index (χ4v) is 6.08. The number of hydrogen-bond acceptors (Lipinski definition) is 5. The Morgan fingerprint density at radius 3 is 2.53 bits per heavy atom. The number of nitrogens with zero attached hydrogens (tertiary/aromatic N) is 2. The molecule has 7 nitrogen and oxygen atoms in total. The lowest BCUT2D eigenvalue weighted by atomic mass is 9.76. The summed E-state index contributed by atoms with van der Waals surface area (Å²) in [4.78, 5) is 11.5. The van der Waals surface area contributed by atoms with Crippen molar-refractivity contribution in [2.75, 3.05) is 18.4 Å². The van der Waals surface area contributed by atoms with Gasteiger partial charge in [-0.1, -0.05) is 42.5 Å². The molecule has 1 aliphatic heterocycles. The van der Waals surface area contributed by atoms with E-state index < -0.39 is 10.0 Å². The Morgan fingerprint density at radius 2 is 1.84 bits per heavy atom. The molecule has 0 bridgehead atoms. The van der Waals surface area contributed by atoms with Crippen LogP contribution in [0.5, 0.6) is 0 Å². The lowest BCUT2D eigenvalue weighted by Crippen LogP contribution is -2.32. The van der Waals surface area contributed by atoms with Crippen LogP contribution in [0.1, 0.15) is 29.5 Å². The summed E-state index contributed by atoms with van der Waals surface area (Å²) in [6.45, 7) is 7.69. The molecule has 3 unspecified atom stereocenters. The highest BCUT2D eigenvalue weighted by atomic mass is 32.2. The molecule has 8 heteroatoms. The molecule has 0 saturated heterocycles. The second kappa shape index (κ2) is 8.72. The van der Waals surface area contributed by atoms with Crippen LogP contribution >= 0.6 is 0 Å². The Labute approximate surface area is 188 Å². The molecular weight excluding hydrogens is 426 g/mol. The molecule has 0 amide bonds. The van der Waals surface area contributed by atoms with Gasteiger partial charge in [-0.15, -0.1) is 13.2 Å². The fraction of sp³-hybridized carbons (Fsp3) is 0.250. The molecule has 0 saturated carbocycles. The minimum Gasteiger partial charge on any atom is -0.377 e. The van der Waals surface area contributed by atoms with Crippen LogP contribution < -0.4 is 5.32 Å². The van der Waals surface area contributed by atoms with Crippen molar-refractivity contribution in [1.29, 1.82) is 0 Å². The van der Waals surface area contributed by atoms with Crippen LogP contribution in [0, 0.1) is 16.0 Å². The number of para-hydroxylation sites is 1. The van der Waals surface area contributed by atoms with Crippen molar-refractivity contribution in [3.05, 3.63) is 101 Å². The van der Waals surface area contributed by atoms with E-state index in [1.807, 2.05) is 0 Å². The number of hydrogen-bond donors (Lipinski definition) is 1. The average Bonchev–Trinajstić information content (AvgIpc) is 3.28. The first kappa shape index (κ1) is 22.0. The first-order valence-electron chi connectivity index (χ1n) is 10.4. The predicted molar refractivity (Wildman–Crippen MR) is 125 cm³/mol. The third-order valence-electron chi connectivity index (χ3n) is 6.11. The molecule has 1 heterocycles. The Hall–Kier alpha value is -3.23. The van der Waals surface area contributed by atoms with Gasteiger partial charge in [-0.3, -0.25) is 10.1 Å². The minimum atomic E-state index is -3.72. The molecule has 0 aromatic heterocycles. The van der Waals surface area contributed by atoms with Crippen molar-refractivity contribution >= 4 is 21.4 Å². The zero-order valence-corrected chi connectivity index (χ0v) is 18.4. The molecule has 1 aliphatic carbocycles. The Kier molecular flexibility index (Phi) is 5.99. The van der Waals surface area contributed by atoms with Crippen molar-refractivity contribution in [2.24, 2.45) is 5.92 Å². The quantitative estimate of drug-likeness (QED) is 0.354. The molecule has 4 rings (SSSR count). The Balaban J connectivity index is 1.76. The first-order valence-corrected chi connectivity index (χ1v) is 11.8. The summed E-state index contributed by atoms with van der Waals surface area (Å²) < 4.78 is 27.7. The molecule has 166 valence electrons. The minimum absolute atomic E-state index is 0.0292. The van der Waals surface area contributed by atoms with Gasteiger partial charge in [-0.2, -0.15) is 4.31 Å². The molecule has 1 N–H and O–H groups in total. The molecule has 32 heavy (non-hydrogen) atoms. The SMILES string of the molecule is C=CCN(CC=C)S(=O)(=O)c1ccc2c(c1)C1C=CCC1C(c1ccccc1[N+](=O)[O-])N2. The van der Waals surface area contributed by atoms with E-state index in [0.29, 0.717) is 5.56 Å². The highest BCUT2D eigenvalue weighted by molar-refractivity contribution is 7.89. The van der Waals surface area contributed by atoms with Gasteiger partial charge >= 0.3 is 0 Å². The third-order valence-corrected chi connectivity index (χ3v) is 7.93. The number of fused-ring (bicyclic) bond motifs is 3. The van der Waals surface area contributed by atoms with E-state index in [-0.39, 0.29) is 46.5 Å². The van der Waals surface area contributed by atoms with Gasteiger partial charge in [0, 0.05) is 30.8 Å². The number of allylic oxidation sites excluding steroid dienone is 2. The van der Waals surface area contributed by atoms with Gasteiger partial charge in [0.2, 0.25) is 10.0 Å². The third kappa shape index (κ3) is 3.76. The summed E-state index contributed by atoms with van der Waals surface area (Å²) in [5.41, 5.74) is 2.40. The monoisotopic (exact) mass is 451 g/mol. The van der Waals surface area contributed by atoms with Crippen LogP contribution in [0.15, 0.2) is 84.8 Å². The lowest BCUT2D eigenvalue weighted by molar-refractivity contribution is -0.385. The standard InChI is InChI=1S/C24H25N3O4S/c1-3-14-26(15-4-2)32(30,31)17-12-13-22-21(16-17)18-9-7-10-19(18)24(25-22)20-8-5-6-11-23(20)27(28)29/h3-9,11-13,16,18-19,24-25H,1-2,10,14-15H2. The second-order valence-corrected chi connectivity index (χ2v) is 9.88. The van der Waals surface area contributed by atoms with E-state index in [0.717, 1.165) is 17.7 Å². The van der Waals surface area contributed by atoms with Crippen LogP contribution in [0.2, 0.25) is 0 Å². The van der Waals surface area contributed by atoms with E-state index in [4.69, 9.17) is 0 Å². The highest BCUT2D eigenvalue weighted by Gasteiger charge is 2.40. The molecule has 2 aromatic carbocycles. The van der Waals surface area contributed by atoms with E-state index in [2.05, 4.69) is 30.6 Å². The number of sulfonamides is 1. The number of anilines is 1. The maximum atomic E-state index is 13.2. The van der Waals surface area contributed by atoms with Gasteiger partial charge in [0.05, 0.1) is 21.4 Å². The van der Waals surface area contributed by atoms with Crippen molar-refractivity contribution in [3.63, 3.8) is 0 Å². The summed E-state index contributed by atoms with van der Waals surface area (Å²) >= 11 is 0. The van der Waals surface area contributed by atoms with Gasteiger partial charge in [-0.25, -0.2) is 8.42 Å². The molecule has 0 radical (unpaired) electrons. The second-order valence-electron chi connectivity index (χ2n) is 7.94. The van der Waals surface area contributed by atoms with Crippen molar-refractivity contribution in [2.45, 2.75) is 23.3 Å². The molecule has 2 aromatic rings. The Morgan fingerprint density at radius 1 is 1.12 bits per heavy atom. The summed E-state index contributed by atoms with van der Waals surface area (Å²) in [5, 5.41) is 15.1. The predicted octanol–water partition coefficient (Wildman–Crippen LogP) is 4.78. The van der Waals surface area contributed by atoms with Gasteiger partial charge in [-0.05, 0) is 36.1 Å². The number of rotatable bonds is 8. The fourth-order valence-electron chi connectivity index (χ4n) is 4.67. The van der Waals surface area contributed by atoms with Crippen LogP contribution in [0.3, 0.4) is 0 Å². The van der Waals surface area contributed by atoms with Crippen molar-refractivity contribution in [1.82, 2.24) is 4.31 Å². The average molecular weight is 452 g/mol. The zero-order chi connectivity index (χ0) is 22.9. The number of nitro groups is 1. The Bertz CT molecular complexity index is 1200. The molecule has 2 aliphatic rings. The smallest absolute Gasteiger partial charge is 0.274 e. The molecule has 3 atom stereocenters. The molecule has 0 fully saturated rings. The van der Waals surface area contributed by atoms with Gasteiger partial charge in [0.1, 0.15) is 0 Å². The van der Waals surface area contributed by atoms with Gasteiger partial charge in [0.15, 0.2) is 0 Å². The van der Waals surface area contributed by atoms with Gasteiger partial charge < -0.3 is 5.32 Å². The van der Waals surface area contributed by atoms with E-state index in [1.165, 1.54) is 10.4 Å². The number of benzene rings is 2. The summed E-state index contributed by atoms with van der Waals surface area (Å²) in [7, 11) is -3.72. The van der Waals surface area contributed by atoms with Crippen LogP contribution in [0.4, 0.5) is 11.4 Å². The maximum absolute atomic E-state index is 13.2. The topological polar surface area (TPSA) is 92.5 Å². The first-order chi connectivity index (χ1) is 15.4. The highest BCUT2D eigenvalue weighted by Crippen LogP contribution is 2.51. The zero-order valence-electron chi connectivity index (χ0n) is 17.6. The molecular formula is C24H25N3O4S. The summed E-state index contributed by atoms with van der Waals surface area (Å²) in [6, 6.07) is 11.6. The summed E-state index contributed by atoms with van der Waals surface area (Å²) in [5.74, 6) is 0.0254. The number of nitro benzene ring substituents is 1. The summed E-state index contributed by atoms with van der Waals surface area (Å²) in [6.07, 6.45) is 8.00. The van der Waals surface area contributed by atoms with E-state index >= 15 is 0 Å². The molecule has 0 spiro atoms. The largest absolute Gasteiger partial charge is 0.377 e. The van der Waals surface area contributed by atoms with Gasteiger partial charge in [0.25, 0.3) is 5.69 Å². The van der Waals surface area contributed by atoms with E-state index in [1.54, 1.807) is 48.6 Å². The lowest BCUT2D eigenvalue weighted by Gasteiger charge is -2.37. The van der Waals surface area contributed by atoms with Crippen molar-refractivity contribution in [3.8, 4) is 0 Å².